The van der Waals surface area contributed by atoms with E-state index in [1.54, 1.807) is 0 Å². The number of hydrogen-bond acceptors (Lipinski definition) is 4. The summed E-state index contributed by atoms with van der Waals surface area (Å²) in [6, 6.07) is 5.17. The summed E-state index contributed by atoms with van der Waals surface area (Å²) in [6.07, 6.45) is -4.23. The fourth-order valence-corrected chi connectivity index (χ4v) is 1.57. The van der Waals surface area contributed by atoms with Gasteiger partial charge in [0.05, 0.1) is 5.56 Å². The molecule has 0 amide bonds. The molecule has 2 rings (SSSR count). The van der Waals surface area contributed by atoms with Crippen molar-refractivity contribution in [3.63, 3.8) is 0 Å². The van der Waals surface area contributed by atoms with Crippen LogP contribution in [0.2, 0.25) is 0 Å². The quantitative estimate of drug-likeness (QED) is 0.803. The molecule has 0 aliphatic heterocycles. The molecule has 0 atom stereocenters. The van der Waals surface area contributed by atoms with Crippen molar-refractivity contribution in [1.82, 2.24) is 5.16 Å². The molecule has 0 saturated heterocycles. The average molecular weight is 271 g/mol. The van der Waals surface area contributed by atoms with Gasteiger partial charge in [-0.25, -0.2) is 0 Å². The van der Waals surface area contributed by atoms with Gasteiger partial charge in [-0.05, 0) is 19.1 Å². The van der Waals surface area contributed by atoms with Gasteiger partial charge in [-0.1, -0.05) is 17.3 Å². The van der Waals surface area contributed by atoms with Crippen LogP contribution in [-0.4, -0.2) is 17.8 Å². The Labute approximate surface area is 105 Å². The minimum atomic E-state index is -4.77. The number of aryl methyl sites for hydroxylation is 1. The number of nitrogens with zero attached hydrogens (tertiary/aromatic N) is 1. The van der Waals surface area contributed by atoms with E-state index in [0.29, 0.717) is 17.6 Å². The molecule has 0 unspecified atom stereocenters. The Bertz CT molecular complexity index is 605. The molecule has 0 aliphatic carbocycles. The Hall–Kier alpha value is -2.31. The smallest absolute Gasteiger partial charge is 0.406 e. The van der Waals surface area contributed by atoms with E-state index in [9.17, 15) is 18.0 Å². The molecule has 1 aromatic heterocycles. The highest BCUT2D eigenvalue weighted by molar-refractivity contribution is 5.86. The van der Waals surface area contributed by atoms with Gasteiger partial charge in [0.25, 0.3) is 0 Å². The minimum Gasteiger partial charge on any atom is -0.406 e. The van der Waals surface area contributed by atoms with Crippen LogP contribution in [0, 0.1) is 6.92 Å². The molecule has 0 fully saturated rings. The number of carbonyl (C=O) groups is 1. The van der Waals surface area contributed by atoms with Gasteiger partial charge < -0.3 is 9.26 Å². The first-order valence-corrected chi connectivity index (χ1v) is 5.18. The summed E-state index contributed by atoms with van der Waals surface area (Å²) in [7, 11) is 0. The van der Waals surface area contributed by atoms with E-state index >= 15 is 0 Å². The molecule has 1 heterocycles. The van der Waals surface area contributed by atoms with E-state index < -0.39 is 6.36 Å². The Morgan fingerprint density at radius 3 is 2.74 bits per heavy atom. The SMILES string of the molecule is Cc1onc(-c2cccc(OC(F)(F)F)c2)c1C=O. The zero-order chi connectivity index (χ0) is 14.0. The Morgan fingerprint density at radius 2 is 2.11 bits per heavy atom. The summed E-state index contributed by atoms with van der Waals surface area (Å²) in [5.41, 5.74) is 0.685. The molecular weight excluding hydrogens is 263 g/mol. The number of aromatic nitrogens is 1. The maximum atomic E-state index is 12.1. The lowest BCUT2D eigenvalue weighted by molar-refractivity contribution is -0.274. The first-order chi connectivity index (χ1) is 8.90. The van der Waals surface area contributed by atoms with Crippen LogP contribution < -0.4 is 4.74 Å². The lowest BCUT2D eigenvalue weighted by atomic mass is 10.1. The second kappa shape index (κ2) is 4.75. The van der Waals surface area contributed by atoms with Crippen LogP contribution in [0.25, 0.3) is 11.3 Å². The van der Waals surface area contributed by atoms with Crippen molar-refractivity contribution in [3.05, 3.63) is 35.6 Å². The third kappa shape index (κ3) is 2.93. The topological polar surface area (TPSA) is 52.3 Å². The van der Waals surface area contributed by atoms with Crippen molar-refractivity contribution < 1.29 is 27.2 Å². The summed E-state index contributed by atoms with van der Waals surface area (Å²) in [4.78, 5) is 10.9. The van der Waals surface area contributed by atoms with Crippen molar-refractivity contribution >= 4 is 6.29 Å². The van der Waals surface area contributed by atoms with Crippen molar-refractivity contribution in [2.24, 2.45) is 0 Å². The number of carbonyl (C=O) groups excluding carboxylic acids is 1. The van der Waals surface area contributed by atoms with Crippen LogP contribution in [0.1, 0.15) is 16.1 Å². The molecule has 7 heteroatoms. The third-order valence-electron chi connectivity index (χ3n) is 2.37. The molecule has 0 bridgehead atoms. The zero-order valence-corrected chi connectivity index (χ0v) is 9.69. The number of benzene rings is 1. The van der Waals surface area contributed by atoms with Gasteiger partial charge in [-0.3, -0.25) is 4.79 Å². The minimum absolute atomic E-state index is 0.181. The first-order valence-electron chi connectivity index (χ1n) is 5.18. The highest BCUT2D eigenvalue weighted by Gasteiger charge is 2.31. The molecule has 0 N–H and O–H groups in total. The van der Waals surface area contributed by atoms with E-state index in [1.165, 1.54) is 19.1 Å². The molecule has 0 saturated carbocycles. The van der Waals surface area contributed by atoms with Gasteiger partial charge >= 0.3 is 6.36 Å². The van der Waals surface area contributed by atoms with Gasteiger partial charge in [-0.2, -0.15) is 0 Å². The average Bonchev–Trinajstić information content (AvgIpc) is 2.68. The largest absolute Gasteiger partial charge is 0.573 e. The Morgan fingerprint density at radius 1 is 1.37 bits per heavy atom. The summed E-state index contributed by atoms with van der Waals surface area (Å²) in [5.74, 6) is -0.0883. The fraction of sp³-hybridized carbons (Fsp3) is 0.167. The predicted octanol–water partition coefficient (Wildman–Crippen LogP) is 3.36. The standard InChI is InChI=1S/C12H8F3NO3/c1-7-10(6-17)11(16-19-7)8-3-2-4-9(5-8)18-12(13,14)15/h2-6H,1H3. The first kappa shape index (κ1) is 13.1. The molecule has 0 aliphatic rings. The summed E-state index contributed by atoms with van der Waals surface area (Å²) < 4.78 is 45.0. The second-order valence-electron chi connectivity index (χ2n) is 3.69. The van der Waals surface area contributed by atoms with E-state index in [-0.39, 0.29) is 17.0 Å². The lowest BCUT2D eigenvalue weighted by Crippen LogP contribution is -2.17. The van der Waals surface area contributed by atoms with Crippen molar-refractivity contribution in [2.75, 3.05) is 0 Å². The highest BCUT2D eigenvalue weighted by Crippen LogP contribution is 2.29. The monoisotopic (exact) mass is 271 g/mol. The van der Waals surface area contributed by atoms with Crippen LogP contribution in [-0.2, 0) is 0 Å². The molecule has 4 nitrogen and oxygen atoms in total. The van der Waals surface area contributed by atoms with Gasteiger partial charge in [0, 0.05) is 5.56 Å². The normalized spacial score (nSPS) is 11.4. The van der Waals surface area contributed by atoms with Gasteiger partial charge in [0.2, 0.25) is 0 Å². The van der Waals surface area contributed by atoms with Crippen LogP contribution in [0.4, 0.5) is 13.2 Å². The maximum absolute atomic E-state index is 12.1. The van der Waals surface area contributed by atoms with Crippen molar-refractivity contribution in [2.45, 2.75) is 13.3 Å². The maximum Gasteiger partial charge on any atom is 0.573 e. The van der Waals surface area contributed by atoms with E-state index in [2.05, 4.69) is 9.89 Å². The Balaban J connectivity index is 2.40. The zero-order valence-electron chi connectivity index (χ0n) is 9.69. The molecule has 100 valence electrons. The van der Waals surface area contributed by atoms with E-state index in [1.807, 2.05) is 0 Å². The van der Waals surface area contributed by atoms with E-state index in [0.717, 1.165) is 12.1 Å². The molecule has 2 aromatic rings. The fourth-order valence-electron chi connectivity index (χ4n) is 1.57. The highest BCUT2D eigenvalue weighted by atomic mass is 19.4. The number of hydrogen-bond donors (Lipinski definition) is 0. The van der Waals surface area contributed by atoms with Gasteiger partial charge in [0.15, 0.2) is 6.29 Å². The number of alkyl halides is 3. The summed E-state index contributed by atoms with van der Waals surface area (Å²) in [5, 5.41) is 3.65. The van der Waals surface area contributed by atoms with Crippen LogP contribution in [0.3, 0.4) is 0 Å². The van der Waals surface area contributed by atoms with Crippen LogP contribution >= 0.6 is 0 Å². The van der Waals surface area contributed by atoms with Crippen molar-refractivity contribution in [3.8, 4) is 17.0 Å². The molecule has 19 heavy (non-hydrogen) atoms. The van der Waals surface area contributed by atoms with Crippen LogP contribution in [0.5, 0.6) is 5.75 Å². The molecular formula is C12H8F3NO3. The third-order valence-corrected chi connectivity index (χ3v) is 2.37. The van der Waals surface area contributed by atoms with Crippen molar-refractivity contribution in [1.29, 1.82) is 0 Å². The molecule has 0 radical (unpaired) electrons. The van der Waals surface area contributed by atoms with E-state index in [4.69, 9.17) is 4.52 Å². The predicted molar refractivity (Wildman–Crippen MR) is 58.7 cm³/mol. The van der Waals surface area contributed by atoms with Gasteiger partial charge in [-0.15, -0.1) is 13.2 Å². The lowest BCUT2D eigenvalue weighted by Gasteiger charge is -2.09. The number of aldehydes is 1. The molecule has 1 aromatic carbocycles. The van der Waals surface area contributed by atoms with Crippen LogP contribution in [0.15, 0.2) is 28.8 Å². The summed E-state index contributed by atoms with van der Waals surface area (Å²) >= 11 is 0. The number of rotatable bonds is 3. The second-order valence-corrected chi connectivity index (χ2v) is 3.69. The summed E-state index contributed by atoms with van der Waals surface area (Å²) in [6.45, 7) is 1.54. The Kier molecular flexibility index (Phi) is 3.28. The van der Waals surface area contributed by atoms with Gasteiger partial charge in [0.1, 0.15) is 17.2 Å². The number of ether oxygens (including phenoxy) is 1. The number of halogens is 3. The molecule has 0 spiro atoms.